The predicted molar refractivity (Wildman–Crippen MR) is 57.6 cm³/mol. The molecule has 0 radical (unpaired) electrons. The fourth-order valence-electron chi connectivity index (χ4n) is 1.32. The summed E-state index contributed by atoms with van der Waals surface area (Å²) in [6.07, 6.45) is 0.0622. The number of benzene rings is 1. The Morgan fingerprint density at radius 2 is 2.06 bits per heavy atom. The summed E-state index contributed by atoms with van der Waals surface area (Å²) >= 11 is 0. The van der Waals surface area contributed by atoms with Gasteiger partial charge in [-0.05, 0) is 12.5 Å². The lowest BCUT2D eigenvalue weighted by molar-refractivity contribution is -0.510. The third-order valence-corrected chi connectivity index (χ3v) is 2.09. The molecule has 0 saturated carbocycles. The lowest BCUT2D eigenvalue weighted by Crippen LogP contribution is -2.33. The SMILES string of the molecule is CCOC(=O)C(Cc1ccccc1)[N+](=O)[O-]. The molecule has 5 heteroatoms. The van der Waals surface area contributed by atoms with E-state index in [4.69, 9.17) is 0 Å². The van der Waals surface area contributed by atoms with Crippen LogP contribution in [-0.2, 0) is 16.0 Å². The number of hydrogen-bond acceptors (Lipinski definition) is 4. The van der Waals surface area contributed by atoms with Gasteiger partial charge in [0.15, 0.2) is 0 Å². The fourth-order valence-corrected chi connectivity index (χ4v) is 1.32. The van der Waals surface area contributed by atoms with Gasteiger partial charge in [-0.25, -0.2) is 4.79 Å². The maximum Gasteiger partial charge on any atom is 0.382 e. The van der Waals surface area contributed by atoms with Crippen LogP contribution in [0.3, 0.4) is 0 Å². The normalized spacial score (nSPS) is 11.8. The van der Waals surface area contributed by atoms with Crippen LogP contribution in [0.2, 0.25) is 0 Å². The Kier molecular flexibility index (Phi) is 4.44. The topological polar surface area (TPSA) is 69.4 Å². The highest BCUT2D eigenvalue weighted by Gasteiger charge is 2.31. The van der Waals surface area contributed by atoms with E-state index in [-0.39, 0.29) is 13.0 Å². The van der Waals surface area contributed by atoms with Crippen LogP contribution >= 0.6 is 0 Å². The van der Waals surface area contributed by atoms with Gasteiger partial charge in [-0.2, -0.15) is 0 Å². The first-order valence-corrected chi connectivity index (χ1v) is 4.99. The van der Waals surface area contributed by atoms with Crippen LogP contribution in [-0.4, -0.2) is 23.5 Å². The summed E-state index contributed by atoms with van der Waals surface area (Å²) < 4.78 is 4.66. The monoisotopic (exact) mass is 223 g/mol. The van der Waals surface area contributed by atoms with Gasteiger partial charge >= 0.3 is 12.0 Å². The number of esters is 1. The summed E-state index contributed by atoms with van der Waals surface area (Å²) in [5, 5.41) is 10.7. The molecule has 0 aliphatic heterocycles. The Hall–Kier alpha value is -1.91. The van der Waals surface area contributed by atoms with E-state index in [9.17, 15) is 14.9 Å². The lowest BCUT2D eigenvalue weighted by atomic mass is 10.1. The quantitative estimate of drug-likeness (QED) is 0.430. The maximum absolute atomic E-state index is 11.3. The summed E-state index contributed by atoms with van der Waals surface area (Å²) in [6.45, 7) is 1.77. The van der Waals surface area contributed by atoms with Crippen LogP contribution in [0.4, 0.5) is 0 Å². The molecule has 86 valence electrons. The van der Waals surface area contributed by atoms with Gasteiger partial charge in [-0.1, -0.05) is 30.3 Å². The van der Waals surface area contributed by atoms with Crippen molar-refractivity contribution in [3.8, 4) is 0 Å². The minimum Gasteiger partial charge on any atom is -0.461 e. The highest BCUT2D eigenvalue weighted by Crippen LogP contribution is 2.07. The Morgan fingerprint density at radius 3 is 2.56 bits per heavy atom. The van der Waals surface area contributed by atoms with E-state index < -0.39 is 16.9 Å². The zero-order valence-corrected chi connectivity index (χ0v) is 8.96. The highest BCUT2D eigenvalue weighted by atomic mass is 16.6. The van der Waals surface area contributed by atoms with Gasteiger partial charge in [0.25, 0.3) is 0 Å². The first-order valence-electron chi connectivity index (χ1n) is 4.99. The van der Waals surface area contributed by atoms with E-state index in [2.05, 4.69) is 4.74 Å². The van der Waals surface area contributed by atoms with Gasteiger partial charge in [-0.3, -0.25) is 10.1 Å². The first kappa shape index (κ1) is 12.2. The molecule has 0 aliphatic rings. The molecule has 0 bridgehead atoms. The largest absolute Gasteiger partial charge is 0.461 e. The van der Waals surface area contributed by atoms with E-state index in [1.807, 2.05) is 6.07 Å². The molecule has 0 fully saturated rings. The van der Waals surface area contributed by atoms with Crippen molar-refractivity contribution in [3.63, 3.8) is 0 Å². The van der Waals surface area contributed by atoms with Crippen molar-refractivity contribution in [2.45, 2.75) is 19.4 Å². The van der Waals surface area contributed by atoms with Crippen molar-refractivity contribution in [1.82, 2.24) is 0 Å². The molecule has 0 aromatic heterocycles. The van der Waals surface area contributed by atoms with Crippen LogP contribution in [0.15, 0.2) is 30.3 Å². The second-order valence-corrected chi connectivity index (χ2v) is 3.24. The van der Waals surface area contributed by atoms with E-state index in [0.29, 0.717) is 0 Å². The molecule has 16 heavy (non-hydrogen) atoms. The number of nitro groups is 1. The molecule has 0 N–H and O–H groups in total. The Labute approximate surface area is 93.2 Å². The first-order chi connectivity index (χ1) is 7.65. The van der Waals surface area contributed by atoms with Gasteiger partial charge in [0.1, 0.15) is 0 Å². The van der Waals surface area contributed by atoms with Crippen molar-refractivity contribution < 1.29 is 14.5 Å². The third-order valence-electron chi connectivity index (χ3n) is 2.09. The van der Waals surface area contributed by atoms with E-state index >= 15 is 0 Å². The standard InChI is InChI=1S/C11H13NO4/c1-2-16-11(13)10(12(14)15)8-9-6-4-3-5-7-9/h3-7,10H,2,8H2,1H3. The number of carbonyl (C=O) groups excluding carboxylic acids is 1. The van der Waals surface area contributed by atoms with E-state index in [0.717, 1.165) is 5.56 Å². The number of ether oxygens (including phenoxy) is 1. The molecule has 1 rings (SSSR count). The third kappa shape index (κ3) is 3.34. The van der Waals surface area contributed by atoms with Crippen LogP contribution < -0.4 is 0 Å². The van der Waals surface area contributed by atoms with Gasteiger partial charge in [0.05, 0.1) is 13.0 Å². The van der Waals surface area contributed by atoms with Crippen molar-refractivity contribution >= 4 is 5.97 Å². The number of rotatable bonds is 5. The molecular formula is C11H13NO4. The van der Waals surface area contributed by atoms with Gasteiger partial charge in [0.2, 0.25) is 0 Å². The molecule has 0 heterocycles. The molecule has 5 nitrogen and oxygen atoms in total. The highest BCUT2D eigenvalue weighted by molar-refractivity contribution is 5.74. The molecular weight excluding hydrogens is 210 g/mol. The minimum atomic E-state index is -1.32. The zero-order chi connectivity index (χ0) is 12.0. The van der Waals surface area contributed by atoms with Crippen molar-refractivity contribution in [2.24, 2.45) is 0 Å². The van der Waals surface area contributed by atoms with Gasteiger partial charge in [0, 0.05) is 4.92 Å². The summed E-state index contributed by atoms with van der Waals surface area (Å²) in [7, 11) is 0. The van der Waals surface area contributed by atoms with Crippen molar-refractivity contribution in [1.29, 1.82) is 0 Å². The minimum absolute atomic E-state index is 0.0622. The van der Waals surface area contributed by atoms with Gasteiger partial charge in [-0.15, -0.1) is 0 Å². The zero-order valence-electron chi connectivity index (χ0n) is 8.96. The Bertz CT molecular complexity index is 364. The van der Waals surface area contributed by atoms with Crippen LogP contribution in [0.5, 0.6) is 0 Å². The van der Waals surface area contributed by atoms with E-state index in [1.165, 1.54) is 0 Å². The molecule has 1 aromatic rings. The predicted octanol–water partition coefficient (Wildman–Crippen LogP) is 1.44. The van der Waals surface area contributed by atoms with Crippen LogP contribution in [0, 0.1) is 10.1 Å². The van der Waals surface area contributed by atoms with Gasteiger partial charge < -0.3 is 4.74 Å². The number of nitrogens with zero attached hydrogens (tertiary/aromatic N) is 1. The lowest BCUT2D eigenvalue weighted by Gasteiger charge is -2.08. The molecule has 0 saturated heterocycles. The summed E-state index contributed by atoms with van der Waals surface area (Å²) in [4.78, 5) is 21.4. The maximum atomic E-state index is 11.3. The number of carbonyl (C=O) groups is 1. The fraction of sp³-hybridized carbons (Fsp3) is 0.364. The summed E-state index contributed by atoms with van der Waals surface area (Å²) in [5.41, 5.74) is 0.747. The summed E-state index contributed by atoms with van der Waals surface area (Å²) in [6, 6.07) is 7.54. The number of hydrogen-bond donors (Lipinski definition) is 0. The second-order valence-electron chi connectivity index (χ2n) is 3.24. The Balaban J connectivity index is 2.73. The molecule has 0 aliphatic carbocycles. The molecule has 1 atom stereocenters. The van der Waals surface area contributed by atoms with Crippen LogP contribution in [0.25, 0.3) is 0 Å². The molecule has 1 unspecified atom stereocenters. The molecule has 0 amide bonds. The second kappa shape index (κ2) is 5.85. The Morgan fingerprint density at radius 1 is 1.44 bits per heavy atom. The average molecular weight is 223 g/mol. The summed E-state index contributed by atoms with van der Waals surface area (Å²) in [5.74, 6) is -0.781. The molecule has 1 aromatic carbocycles. The molecule has 0 spiro atoms. The van der Waals surface area contributed by atoms with Crippen LogP contribution in [0.1, 0.15) is 12.5 Å². The van der Waals surface area contributed by atoms with Crippen molar-refractivity contribution in [2.75, 3.05) is 6.61 Å². The average Bonchev–Trinajstić information content (AvgIpc) is 2.27. The van der Waals surface area contributed by atoms with E-state index in [1.54, 1.807) is 31.2 Å². The smallest absolute Gasteiger partial charge is 0.382 e. The van der Waals surface area contributed by atoms with Crippen molar-refractivity contribution in [3.05, 3.63) is 46.0 Å².